The van der Waals surface area contributed by atoms with Gasteiger partial charge in [0.05, 0.1) is 0 Å². The predicted molar refractivity (Wildman–Crippen MR) is 70.6 cm³/mol. The zero-order valence-electron chi connectivity index (χ0n) is 8.95. The Bertz CT molecular complexity index is 515. The van der Waals surface area contributed by atoms with Crippen molar-refractivity contribution in [3.05, 3.63) is 50.4 Å². The van der Waals surface area contributed by atoms with Crippen molar-refractivity contribution in [2.75, 3.05) is 0 Å². The number of nitrogens with two attached hydrogens (primary N) is 1. The maximum atomic E-state index is 13.0. The van der Waals surface area contributed by atoms with Gasteiger partial charge in [-0.25, -0.2) is 4.39 Å². The fourth-order valence-corrected chi connectivity index (χ4v) is 2.79. The minimum absolute atomic E-state index is 0.265. The maximum Gasteiger partial charge on any atom is 0.124 e. The lowest BCUT2D eigenvalue weighted by Gasteiger charge is -2.09. The third-order valence-corrected chi connectivity index (χ3v) is 3.91. The molecule has 2 rings (SSSR count). The molecule has 0 spiro atoms. The van der Waals surface area contributed by atoms with Gasteiger partial charge in [0.1, 0.15) is 18.2 Å². The van der Waals surface area contributed by atoms with Crippen LogP contribution in [-0.2, 0) is 13.2 Å². The standard InChI is InChI=1S/C12H11BrFNOS/c13-9-4-11(17-7-9)6-16-12-2-1-10(14)3-8(12)5-15/h1-4,7H,5-6,15H2. The molecule has 0 radical (unpaired) electrons. The Labute approximate surface area is 111 Å². The van der Waals surface area contributed by atoms with Crippen molar-refractivity contribution >= 4 is 27.3 Å². The van der Waals surface area contributed by atoms with Crippen LogP contribution in [0.1, 0.15) is 10.4 Å². The molecule has 0 amide bonds. The molecule has 1 aromatic heterocycles. The van der Waals surface area contributed by atoms with E-state index in [0.29, 0.717) is 17.9 Å². The molecular formula is C12H11BrFNOS. The molecule has 0 aliphatic heterocycles. The zero-order chi connectivity index (χ0) is 12.3. The average molecular weight is 316 g/mol. The van der Waals surface area contributed by atoms with Crippen LogP contribution in [0, 0.1) is 5.82 Å². The highest BCUT2D eigenvalue weighted by molar-refractivity contribution is 9.10. The molecular weight excluding hydrogens is 305 g/mol. The summed E-state index contributed by atoms with van der Waals surface area (Å²) in [5, 5.41) is 1.99. The molecule has 1 aromatic carbocycles. The minimum atomic E-state index is -0.295. The van der Waals surface area contributed by atoms with Crippen molar-refractivity contribution in [3.8, 4) is 5.75 Å². The summed E-state index contributed by atoms with van der Waals surface area (Å²) in [6.45, 7) is 0.732. The summed E-state index contributed by atoms with van der Waals surface area (Å²) >= 11 is 4.99. The van der Waals surface area contributed by atoms with Crippen molar-refractivity contribution in [1.82, 2.24) is 0 Å². The lowest BCUT2D eigenvalue weighted by molar-refractivity contribution is 0.306. The molecule has 0 aliphatic rings. The van der Waals surface area contributed by atoms with Gasteiger partial charge in [-0.2, -0.15) is 0 Å². The summed E-state index contributed by atoms with van der Waals surface area (Å²) in [6, 6.07) is 6.38. The molecule has 5 heteroatoms. The van der Waals surface area contributed by atoms with Crippen LogP contribution in [0.2, 0.25) is 0 Å². The molecule has 1 heterocycles. The monoisotopic (exact) mass is 315 g/mol. The third kappa shape index (κ3) is 3.28. The van der Waals surface area contributed by atoms with Crippen LogP contribution >= 0.6 is 27.3 Å². The van der Waals surface area contributed by atoms with Crippen LogP contribution in [0.15, 0.2) is 34.1 Å². The van der Waals surface area contributed by atoms with Crippen molar-refractivity contribution < 1.29 is 9.13 Å². The van der Waals surface area contributed by atoms with Crippen LogP contribution in [0.3, 0.4) is 0 Å². The van der Waals surface area contributed by atoms with E-state index in [1.807, 2.05) is 11.4 Å². The number of benzene rings is 1. The van der Waals surface area contributed by atoms with E-state index in [1.165, 1.54) is 12.1 Å². The fourth-order valence-electron chi connectivity index (χ4n) is 1.43. The Hall–Kier alpha value is -0.910. The molecule has 0 bridgehead atoms. The van der Waals surface area contributed by atoms with E-state index in [2.05, 4.69) is 15.9 Å². The summed E-state index contributed by atoms with van der Waals surface area (Å²) < 4.78 is 19.7. The number of ether oxygens (including phenoxy) is 1. The SMILES string of the molecule is NCc1cc(F)ccc1OCc1cc(Br)cs1. The number of hydrogen-bond donors (Lipinski definition) is 1. The molecule has 0 saturated heterocycles. The van der Waals surface area contributed by atoms with Gasteiger partial charge in [0.25, 0.3) is 0 Å². The van der Waals surface area contributed by atoms with Gasteiger partial charge in [0.2, 0.25) is 0 Å². The number of rotatable bonds is 4. The van der Waals surface area contributed by atoms with Crippen LogP contribution in [0.25, 0.3) is 0 Å². The fraction of sp³-hybridized carbons (Fsp3) is 0.167. The summed E-state index contributed by atoms with van der Waals surface area (Å²) in [6.07, 6.45) is 0. The van der Waals surface area contributed by atoms with Crippen molar-refractivity contribution in [2.24, 2.45) is 5.73 Å². The van der Waals surface area contributed by atoms with Gasteiger partial charge in [-0.1, -0.05) is 0 Å². The Kier molecular flexibility index (Phi) is 4.15. The van der Waals surface area contributed by atoms with Gasteiger partial charge < -0.3 is 10.5 Å². The zero-order valence-corrected chi connectivity index (χ0v) is 11.4. The van der Waals surface area contributed by atoms with Gasteiger partial charge in [-0.3, -0.25) is 0 Å². The molecule has 2 nitrogen and oxygen atoms in total. The molecule has 17 heavy (non-hydrogen) atoms. The van der Waals surface area contributed by atoms with Crippen LogP contribution < -0.4 is 10.5 Å². The third-order valence-electron chi connectivity index (χ3n) is 2.23. The number of halogens is 2. The normalized spacial score (nSPS) is 10.5. The lowest BCUT2D eigenvalue weighted by atomic mass is 10.2. The summed E-state index contributed by atoms with van der Waals surface area (Å²) in [7, 11) is 0. The highest BCUT2D eigenvalue weighted by Gasteiger charge is 2.05. The molecule has 2 aromatic rings. The molecule has 0 aliphatic carbocycles. The van der Waals surface area contributed by atoms with Crippen LogP contribution in [-0.4, -0.2) is 0 Å². The Balaban J connectivity index is 2.08. The highest BCUT2D eigenvalue weighted by atomic mass is 79.9. The first kappa shape index (κ1) is 12.5. The van der Waals surface area contributed by atoms with Gasteiger partial charge in [-0.05, 0) is 40.2 Å². The first-order valence-corrected chi connectivity index (χ1v) is 6.70. The summed E-state index contributed by atoms with van der Waals surface area (Å²) in [4.78, 5) is 1.10. The van der Waals surface area contributed by atoms with Gasteiger partial charge in [0.15, 0.2) is 0 Å². The second-order valence-electron chi connectivity index (χ2n) is 3.48. The summed E-state index contributed by atoms with van der Waals surface area (Å²) in [5.41, 5.74) is 6.22. The Morgan fingerprint density at radius 1 is 1.35 bits per heavy atom. The van der Waals surface area contributed by atoms with E-state index in [9.17, 15) is 4.39 Å². The molecule has 0 fully saturated rings. The van der Waals surface area contributed by atoms with E-state index >= 15 is 0 Å². The van der Waals surface area contributed by atoms with Crippen molar-refractivity contribution in [3.63, 3.8) is 0 Å². The van der Waals surface area contributed by atoms with Crippen molar-refractivity contribution in [1.29, 1.82) is 0 Å². The topological polar surface area (TPSA) is 35.2 Å². The Morgan fingerprint density at radius 3 is 2.82 bits per heavy atom. The van der Waals surface area contributed by atoms with Gasteiger partial charge >= 0.3 is 0 Å². The van der Waals surface area contributed by atoms with E-state index in [0.717, 1.165) is 9.35 Å². The largest absolute Gasteiger partial charge is 0.488 e. The van der Waals surface area contributed by atoms with E-state index < -0.39 is 0 Å². The van der Waals surface area contributed by atoms with Crippen LogP contribution in [0.5, 0.6) is 5.75 Å². The quantitative estimate of drug-likeness (QED) is 0.934. The lowest BCUT2D eigenvalue weighted by Crippen LogP contribution is -2.02. The second kappa shape index (κ2) is 5.62. The molecule has 0 saturated carbocycles. The minimum Gasteiger partial charge on any atom is -0.488 e. The number of hydrogen-bond acceptors (Lipinski definition) is 3. The van der Waals surface area contributed by atoms with Gasteiger partial charge in [0, 0.05) is 26.8 Å². The second-order valence-corrected chi connectivity index (χ2v) is 5.39. The highest BCUT2D eigenvalue weighted by Crippen LogP contribution is 2.24. The van der Waals surface area contributed by atoms with E-state index in [4.69, 9.17) is 10.5 Å². The predicted octanol–water partition coefficient (Wildman–Crippen LogP) is 3.69. The Morgan fingerprint density at radius 2 is 2.18 bits per heavy atom. The van der Waals surface area contributed by atoms with Gasteiger partial charge in [-0.15, -0.1) is 11.3 Å². The molecule has 0 unspecified atom stereocenters. The molecule has 90 valence electrons. The van der Waals surface area contributed by atoms with E-state index in [1.54, 1.807) is 17.4 Å². The van der Waals surface area contributed by atoms with E-state index in [-0.39, 0.29) is 12.4 Å². The average Bonchev–Trinajstić information content (AvgIpc) is 2.73. The summed E-state index contributed by atoms with van der Waals surface area (Å²) in [5.74, 6) is 0.343. The number of thiophene rings is 1. The van der Waals surface area contributed by atoms with Crippen molar-refractivity contribution in [2.45, 2.75) is 13.2 Å². The molecule has 2 N–H and O–H groups in total. The first-order chi connectivity index (χ1) is 8.19. The first-order valence-electron chi connectivity index (χ1n) is 5.03. The maximum absolute atomic E-state index is 13.0. The van der Waals surface area contributed by atoms with Crippen LogP contribution in [0.4, 0.5) is 4.39 Å². The smallest absolute Gasteiger partial charge is 0.124 e. The molecule has 0 atom stereocenters.